The molecule has 2 atom stereocenters. The van der Waals surface area contributed by atoms with Crippen molar-refractivity contribution in [2.45, 2.75) is 25.9 Å². The van der Waals surface area contributed by atoms with Crippen LogP contribution in [0.15, 0.2) is 29.3 Å². The number of rotatable bonds is 2. The zero-order chi connectivity index (χ0) is 12.4. The van der Waals surface area contributed by atoms with Crippen molar-refractivity contribution in [3.05, 3.63) is 35.4 Å². The van der Waals surface area contributed by atoms with Crippen molar-refractivity contribution in [3.63, 3.8) is 0 Å². The Hall–Kier alpha value is -1.35. The second-order valence-electron chi connectivity index (χ2n) is 5.24. The van der Waals surface area contributed by atoms with Gasteiger partial charge < -0.3 is 10.1 Å². The molecule has 1 aromatic carbocycles. The van der Waals surface area contributed by atoms with Crippen molar-refractivity contribution in [2.75, 3.05) is 19.6 Å². The molecule has 1 saturated heterocycles. The standard InChI is InChI=1S/C15H20N2O/c1-11-4-2-5-12(8-11)14-10-17-15(18-14)13-6-3-7-16-9-13/h2,4-5,8,13-14,16H,3,6-7,9-10H2,1H3. The van der Waals surface area contributed by atoms with E-state index < -0.39 is 0 Å². The van der Waals surface area contributed by atoms with E-state index >= 15 is 0 Å². The first-order valence-electron chi connectivity index (χ1n) is 6.81. The first-order valence-corrected chi connectivity index (χ1v) is 6.81. The molecule has 0 aliphatic carbocycles. The molecule has 1 fully saturated rings. The van der Waals surface area contributed by atoms with Crippen molar-refractivity contribution in [1.29, 1.82) is 0 Å². The summed E-state index contributed by atoms with van der Waals surface area (Å²) < 4.78 is 6.05. The summed E-state index contributed by atoms with van der Waals surface area (Å²) in [4.78, 5) is 4.60. The van der Waals surface area contributed by atoms with Crippen LogP contribution in [0.5, 0.6) is 0 Å². The van der Waals surface area contributed by atoms with Gasteiger partial charge in [-0.25, -0.2) is 0 Å². The molecule has 3 nitrogen and oxygen atoms in total. The van der Waals surface area contributed by atoms with E-state index in [1.807, 2.05) is 0 Å². The summed E-state index contributed by atoms with van der Waals surface area (Å²) in [5.41, 5.74) is 2.53. The maximum absolute atomic E-state index is 6.05. The lowest BCUT2D eigenvalue weighted by atomic mass is 10.00. The van der Waals surface area contributed by atoms with E-state index in [1.165, 1.54) is 24.0 Å². The molecule has 0 radical (unpaired) electrons. The number of nitrogens with one attached hydrogen (secondary N) is 1. The first-order chi connectivity index (χ1) is 8.83. The van der Waals surface area contributed by atoms with Gasteiger partial charge in [0, 0.05) is 12.5 Å². The summed E-state index contributed by atoms with van der Waals surface area (Å²) in [6.45, 7) is 5.03. The van der Waals surface area contributed by atoms with Crippen molar-refractivity contribution in [3.8, 4) is 0 Å². The normalized spacial score (nSPS) is 27.7. The van der Waals surface area contributed by atoms with Gasteiger partial charge in [-0.1, -0.05) is 29.8 Å². The number of hydrogen-bond donors (Lipinski definition) is 1. The molecular formula is C15H20N2O. The average molecular weight is 244 g/mol. The Bertz CT molecular complexity index is 450. The van der Waals surface area contributed by atoms with Crippen molar-refractivity contribution in [1.82, 2.24) is 5.32 Å². The second kappa shape index (κ2) is 5.11. The minimum absolute atomic E-state index is 0.127. The number of ether oxygens (including phenoxy) is 1. The monoisotopic (exact) mass is 244 g/mol. The fourth-order valence-corrected chi connectivity index (χ4v) is 2.72. The smallest absolute Gasteiger partial charge is 0.188 e. The predicted molar refractivity (Wildman–Crippen MR) is 72.9 cm³/mol. The number of benzene rings is 1. The molecule has 2 unspecified atom stereocenters. The van der Waals surface area contributed by atoms with Crippen LogP contribution < -0.4 is 5.32 Å². The zero-order valence-corrected chi connectivity index (χ0v) is 10.9. The second-order valence-corrected chi connectivity index (χ2v) is 5.24. The maximum atomic E-state index is 6.05. The van der Waals surface area contributed by atoms with Gasteiger partial charge in [0.25, 0.3) is 0 Å². The van der Waals surface area contributed by atoms with Crippen molar-refractivity contribution >= 4 is 5.90 Å². The summed E-state index contributed by atoms with van der Waals surface area (Å²) in [5, 5.41) is 3.41. The highest BCUT2D eigenvalue weighted by Crippen LogP contribution is 2.27. The SMILES string of the molecule is Cc1cccc(C2CN=C(C3CCCNC3)O2)c1. The van der Waals surface area contributed by atoms with Gasteiger partial charge in [-0.05, 0) is 31.9 Å². The Morgan fingerprint density at radius 3 is 3.11 bits per heavy atom. The molecule has 2 aliphatic heterocycles. The topological polar surface area (TPSA) is 33.6 Å². The van der Waals surface area contributed by atoms with Crippen LogP contribution in [0.2, 0.25) is 0 Å². The number of nitrogens with zero attached hydrogens (tertiary/aromatic N) is 1. The third-order valence-corrected chi connectivity index (χ3v) is 3.74. The lowest BCUT2D eigenvalue weighted by molar-refractivity contribution is 0.209. The average Bonchev–Trinajstić information content (AvgIpc) is 2.89. The molecule has 0 bridgehead atoms. The van der Waals surface area contributed by atoms with Crippen LogP contribution in [0, 0.1) is 12.8 Å². The Morgan fingerprint density at radius 2 is 2.33 bits per heavy atom. The van der Waals surface area contributed by atoms with Crippen molar-refractivity contribution in [2.24, 2.45) is 10.9 Å². The molecule has 1 N–H and O–H groups in total. The Balaban J connectivity index is 1.66. The minimum atomic E-state index is 0.127. The van der Waals surface area contributed by atoms with Crippen LogP contribution in [-0.4, -0.2) is 25.5 Å². The van der Waals surface area contributed by atoms with Crippen LogP contribution >= 0.6 is 0 Å². The molecule has 1 aromatic rings. The zero-order valence-electron chi connectivity index (χ0n) is 10.9. The molecule has 3 heteroatoms. The van der Waals surface area contributed by atoms with Crippen LogP contribution in [0.3, 0.4) is 0 Å². The Kier molecular flexibility index (Phi) is 3.33. The van der Waals surface area contributed by atoms with Gasteiger partial charge >= 0.3 is 0 Å². The van der Waals surface area contributed by atoms with Gasteiger partial charge in [0.15, 0.2) is 5.90 Å². The molecule has 18 heavy (non-hydrogen) atoms. The van der Waals surface area contributed by atoms with Gasteiger partial charge in [-0.2, -0.15) is 0 Å². The van der Waals surface area contributed by atoms with E-state index in [0.29, 0.717) is 5.92 Å². The van der Waals surface area contributed by atoms with E-state index in [1.54, 1.807) is 0 Å². The van der Waals surface area contributed by atoms with Crippen LogP contribution in [-0.2, 0) is 4.74 Å². The van der Waals surface area contributed by atoms with E-state index in [2.05, 4.69) is 41.5 Å². The first kappa shape index (κ1) is 11.7. The summed E-state index contributed by atoms with van der Waals surface area (Å²) in [7, 11) is 0. The molecule has 0 spiro atoms. The summed E-state index contributed by atoms with van der Waals surface area (Å²) in [6, 6.07) is 8.54. The molecule has 96 valence electrons. The van der Waals surface area contributed by atoms with Crippen LogP contribution in [0.4, 0.5) is 0 Å². The van der Waals surface area contributed by atoms with E-state index in [9.17, 15) is 0 Å². The Morgan fingerprint density at radius 1 is 1.39 bits per heavy atom. The largest absolute Gasteiger partial charge is 0.471 e. The van der Waals surface area contributed by atoms with E-state index in [4.69, 9.17) is 4.74 Å². The molecule has 0 amide bonds. The third kappa shape index (κ3) is 2.41. The van der Waals surface area contributed by atoms with Gasteiger partial charge in [-0.3, -0.25) is 4.99 Å². The molecule has 0 aromatic heterocycles. The number of hydrogen-bond acceptors (Lipinski definition) is 3. The summed E-state index contributed by atoms with van der Waals surface area (Å²) >= 11 is 0. The van der Waals surface area contributed by atoms with Crippen molar-refractivity contribution < 1.29 is 4.74 Å². The van der Waals surface area contributed by atoms with Crippen LogP contribution in [0.1, 0.15) is 30.1 Å². The summed E-state index contributed by atoms with van der Waals surface area (Å²) in [5.74, 6) is 1.45. The van der Waals surface area contributed by atoms with E-state index in [0.717, 1.165) is 25.5 Å². The maximum Gasteiger partial charge on any atom is 0.188 e. The molecular weight excluding hydrogens is 224 g/mol. The minimum Gasteiger partial charge on any atom is -0.471 e. The highest BCUT2D eigenvalue weighted by molar-refractivity contribution is 5.80. The lowest BCUT2D eigenvalue weighted by Gasteiger charge is -2.23. The highest BCUT2D eigenvalue weighted by atomic mass is 16.5. The molecule has 2 aliphatic rings. The molecule has 3 rings (SSSR count). The Labute approximate surface area is 108 Å². The van der Waals surface area contributed by atoms with Gasteiger partial charge in [-0.15, -0.1) is 0 Å². The third-order valence-electron chi connectivity index (χ3n) is 3.74. The number of aliphatic imine (C=N–C) groups is 1. The number of aryl methyl sites for hydroxylation is 1. The quantitative estimate of drug-likeness (QED) is 0.867. The van der Waals surface area contributed by atoms with E-state index in [-0.39, 0.29) is 6.10 Å². The van der Waals surface area contributed by atoms with Gasteiger partial charge in [0.2, 0.25) is 0 Å². The highest BCUT2D eigenvalue weighted by Gasteiger charge is 2.28. The fraction of sp³-hybridized carbons (Fsp3) is 0.533. The predicted octanol–water partition coefficient (Wildman–Crippen LogP) is 2.46. The number of piperidine rings is 1. The van der Waals surface area contributed by atoms with Gasteiger partial charge in [0.05, 0.1) is 6.54 Å². The van der Waals surface area contributed by atoms with Crippen LogP contribution in [0.25, 0.3) is 0 Å². The van der Waals surface area contributed by atoms with Gasteiger partial charge in [0.1, 0.15) is 6.10 Å². The molecule has 2 heterocycles. The molecule has 0 saturated carbocycles. The lowest BCUT2D eigenvalue weighted by Crippen LogP contribution is -2.34. The fourth-order valence-electron chi connectivity index (χ4n) is 2.72. The summed E-state index contributed by atoms with van der Waals surface area (Å²) in [6.07, 6.45) is 2.55.